The number of nitrogens with one attached hydrogen (secondary N) is 1. The molecule has 0 aliphatic carbocycles. The number of anilines is 1. The predicted octanol–water partition coefficient (Wildman–Crippen LogP) is 4.00. The summed E-state index contributed by atoms with van der Waals surface area (Å²) in [6, 6.07) is 0. The van der Waals surface area contributed by atoms with E-state index < -0.39 is 0 Å². The molecule has 2 bridgehead atoms. The summed E-state index contributed by atoms with van der Waals surface area (Å²) < 4.78 is 6.97. The molecule has 2 aliphatic rings. The van der Waals surface area contributed by atoms with Crippen molar-refractivity contribution in [3.05, 3.63) is 16.0 Å². The Kier molecular flexibility index (Phi) is 3.99. The van der Waals surface area contributed by atoms with E-state index in [1.54, 1.807) is 0 Å². The highest BCUT2D eigenvalue weighted by Crippen LogP contribution is 2.44. The zero-order chi connectivity index (χ0) is 15.2. The monoisotopic (exact) mass is 353 g/mol. The maximum atomic E-state index is 5.98. The molecule has 21 heavy (non-hydrogen) atoms. The van der Waals surface area contributed by atoms with E-state index in [0.717, 1.165) is 41.2 Å². The number of ether oxygens (including phenoxy) is 1. The van der Waals surface area contributed by atoms with E-state index in [0.29, 0.717) is 18.1 Å². The quantitative estimate of drug-likeness (QED) is 0.891. The van der Waals surface area contributed by atoms with Gasteiger partial charge in [-0.3, -0.25) is 0 Å². The summed E-state index contributed by atoms with van der Waals surface area (Å²) in [7, 11) is 0. The Labute approximate surface area is 135 Å². The second-order valence-electron chi connectivity index (χ2n) is 7.09. The highest BCUT2D eigenvalue weighted by Gasteiger charge is 2.43. The van der Waals surface area contributed by atoms with Crippen molar-refractivity contribution >= 4 is 21.7 Å². The molecule has 1 aromatic rings. The van der Waals surface area contributed by atoms with Crippen molar-refractivity contribution in [1.82, 2.24) is 9.97 Å². The molecule has 2 fully saturated rings. The third kappa shape index (κ3) is 2.82. The van der Waals surface area contributed by atoms with Crippen LogP contribution in [0.4, 0.5) is 5.82 Å². The topological polar surface area (TPSA) is 47.0 Å². The predicted molar refractivity (Wildman–Crippen MR) is 87.8 cm³/mol. The van der Waals surface area contributed by atoms with Crippen molar-refractivity contribution in [2.45, 2.75) is 70.5 Å². The van der Waals surface area contributed by atoms with Crippen LogP contribution in [0.2, 0.25) is 0 Å². The molecule has 0 aromatic carbocycles. The van der Waals surface area contributed by atoms with Crippen LogP contribution < -0.4 is 5.32 Å². The number of hydrogen-bond donors (Lipinski definition) is 1. The standard InChI is InChI=1S/C16H24BrN3O/c1-5-18-15-12(17)13(16(2,3)4)19-14(20-15)10-8-9-6-7-11(10)21-9/h9-11H,5-8H2,1-4H3,(H,18,19,20). The molecule has 5 heteroatoms. The molecule has 2 saturated heterocycles. The lowest BCUT2D eigenvalue weighted by Gasteiger charge is -2.25. The summed E-state index contributed by atoms with van der Waals surface area (Å²) in [5.41, 5.74) is 1.06. The second-order valence-corrected chi connectivity index (χ2v) is 7.88. The molecule has 1 N–H and O–H groups in total. The van der Waals surface area contributed by atoms with E-state index in [1.165, 1.54) is 6.42 Å². The van der Waals surface area contributed by atoms with Gasteiger partial charge >= 0.3 is 0 Å². The van der Waals surface area contributed by atoms with Gasteiger partial charge in [-0.05, 0) is 42.1 Å². The van der Waals surface area contributed by atoms with Crippen molar-refractivity contribution in [2.75, 3.05) is 11.9 Å². The Morgan fingerprint density at radius 1 is 1.29 bits per heavy atom. The lowest BCUT2D eigenvalue weighted by atomic mass is 9.87. The summed E-state index contributed by atoms with van der Waals surface area (Å²) >= 11 is 3.68. The van der Waals surface area contributed by atoms with E-state index in [4.69, 9.17) is 14.7 Å². The minimum absolute atomic E-state index is 0.0147. The minimum atomic E-state index is -0.0147. The van der Waals surface area contributed by atoms with Gasteiger partial charge in [0, 0.05) is 17.9 Å². The zero-order valence-electron chi connectivity index (χ0n) is 13.2. The third-order valence-electron chi connectivity index (χ3n) is 4.36. The van der Waals surface area contributed by atoms with Crippen LogP contribution in [0.1, 0.15) is 64.4 Å². The average Bonchev–Trinajstić information content (AvgIpc) is 3.02. The highest BCUT2D eigenvalue weighted by molar-refractivity contribution is 9.10. The van der Waals surface area contributed by atoms with Crippen LogP contribution in [0.25, 0.3) is 0 Å². The molecule has 0 spiro atoms. The molecule has 1 aromatic heterocycles. The van der Waals surface area contributed by atoms with Gasteiger partial charge in [-0.1, -0.05) is 20.8 Å². The number of hydrogen-bond acceptors (Lipinski definition) is 4. The number of halogens is 1. The van der Waals surface area contributed by atoms with Crippen LogP contribution in [0.3, 0.4) is 0 Å². The van der Waals surface area contributed by atoms with Crippen LogP contribution in [-0.4, -0.2) is 28.7 Å². The van der Waals surface area contributed by atoms with Crippen LogP contribution in [0.5, 0.6) is 0 Å². The second kappa shape index (κ2) is 5.51. The van der Waals surface area contributed by atoms with Crippen molar-refractivity contribution in [3.63, 3.8) is 0 Å². The summed E-state index contributed by atoms with van der Waals surface area (Å²) in [5, 5.41) is 3.36. The van der Waals surface area contributed by atoms with Crippen molar-refractivity contribution in [1.29, 1.82) is 0 Å². The number of fused-ring (bicyclic) bond motifs is 2. The van der Waals surface area contributed by atoms with Crippen molar-refractivity contribution in [3.8, 4) is 0 Å². The molecule has 0 saturated carbocycles. The molecule has 0 radical (unpaired) electrons. The van der Waals surface area contributed by atoms with E-state index in [9.17, 15) is 0 Å². The Balaban J connectivity index is 2.02. The lowest BCUT2D eigenvalue weighted by Crippen LogP contribution is -2.23. The van der Waals surface area contributed by atoms with E-state index >= 15 is 0 Å². The van der Waals surface area contributed by atoms with Gasteiger partial charge in [0.1, 0.15) is 11.6 Å². The first kappa shape index (κ1) is 15.2. The maximum Gasteiger partial charge on any atom is 0.144 e. The number of nitrogens with zero attached hydrogens (tertiary/aromatic N) is 2. The van der Waals surface area contributed by atoms with Gasteiger partial charge in [0.25, 0.3) is 0 Å². The molecular formula is C16H24BrN3O. The van der Waals surface area contributed by atoms with Crippen LogP contribution in [0, 0.1) is 0 Å². The van der Waals surface area contributed by atoms with Gasteiger partial charge in [-0.2, -0.15) is 0 Å². The SMILES string of the molecule is CCNc1nc(C2CC3CCC2O3)nc(C(C)(C)C)c1Br. The summed E-state index contributed by atoms with van der Waals surface area (Å²) in [4.78, 5) is 9.70. The Hall–Kier alpha value is -0.680. The summed E-state index contributed by atoms with van der Waals surface area (Å²) in [5.74, 6) is 2.22. The first-order valence-electron chi connectivity index (χ1n) is 7.87. The molecule has 116 valence electrons. The van der Waals surface area contributed by atoms with E-state index in [2.05, 4.69) is 48.9 Å². The van der Waals surface area contributed by atoms with Gasteiger partial charge in [-0.25, -0.2) is 9.97 Å². The molecule has 3 atom stereocenters. The Morgan fingerprint density at radius 2 is 2.05 bits per heavy atom. The van der Waals surface area contributed by atoms with Gasteiger partial charge in [-0.15, -0.1) is 0 Å². The molecular weight excluding hydrogens is 330 g/mol. The summed E-state index contributed by atoms with van der Waals surface area (Å²) in [6.07, 6.45) is 4.16. The van der Waals surface area contributed by atoms with Crippen molar-refractivity contribution < 1.29 is 4.74 Å². The minimum Gasteiger partial charge on any atom is -0.374 e. The van der Waals surface area contributed by atoms with E-state index in [1.807, 2.05) is 0 Å². The van der Waals surface area contributed by atoms with Crippen LogP contribution in [-0.2, 0) is 10.2 Å². The molecule has 0 amide bonds. The average molecular weight is 354 g/mol. The van der Waals surface area contributed by atoms with Gasteiger partial charge in [0.2, 0.25) is 0 Å². The molecule has 4 nitrogen and oxygen atoms in total. The lowest BCUT2D eigenvalue weighted by molar-refractivity contribution is 0.0998. The largest absolute Gasteiger partial charge is 0.374 e. The molecule has 3 unspecified atom stereocenters. The zero-order valence-corrected chi connectivity index (χ0v) is 14.8. The van der Waals surface area contributed by atoms with Gasteiger partial charge in [0.05, 0.1) is 22.4 Å². The van der Waals surface area contributed by atoms with Crippen LogP contribution in [0.15, 0.2) is 4.47 Å². The first-order valence-corrected chi connectivity index (χ1v) is 8.66. The van der Waals surface area contributed by atoms with Gasteiger partial charge < -0.3 is 10.1 Å². The number of rotatable bonds is 3. The number of aromatic nitrogens is 2. The van der Waals surface area contributed by atoms with E-state index in [-0.39, 0.29) is 5.41 Å². The third-order valence-corrected chi connectivity index (χ3v) is 5.11. The highest BCUT2D eigenvalue weighted by atomic mass is 79.9. The maximum absolute atomic E-state index is 5.98. The fourth-order valence-corrected chi connectivity index (χ4v) is 4.23. The van der Waals surface area contributed by atoms with Crippen LogP contribution >= 0.6 is 15.9 Å². The summed E-state index contributed by atoms with van der Waals surface area (Å²) in [6.45, 7) is 9.52. The van der Waals surface area contributed by atoms with Crippen molar-refractivity contribution in [2.24, 2.45) is 0 Å². The Morgan fingerprint density at radius 3 is 2.57 bits per heavy atom. The first-order chi connectivity index (χ1) is 9.90. The Bertz CT molecular complexity index is 541. The molecule has 2 aliphatic heterocycles. The molecule has 3 rings (SSSR count). The smallest absolute Gasteiger partial charge is 0.144 e. The normalized spacial score (nSPS) is 28.1. The fraction of sp³-hybridized carbons (Fsp3) is 0.750. The van der Waals surface area contributed by atoms with Gasteiger partial charge in [0.15, 0.2) is 0 Å². The molecule has 3 heterocycles. The fourth-order valence-electron chi connectivity index (χ4n) is 3.32.